The van der Waals surface area contributed by atoms with Gasteiger partial charge in [0.25, 0.3) is 11.8 Å². The number of amides is 2. The van der Waals surface area contributed by atoms with Gasteiger partial charge in [0.15, 0.2) is 6.61 Å². The van der Waals surface area contributed by atoms with Gasteiger partial charge in [0.2, 0.25) is 0 Å². The van der Waals surface area contributed by atoms with E-state index in [-0.39, 0.29) is 30.8 Å². The molecule has 0 radical (unpaired) electrons. The topological polar surface area (TPSA) is 58.6 Å². The Morgan fingerprint density at radius 1 is 0.944 bits per heavy atom. The summed E-state index contributed by atoms with van der Waals surface area (Å²) in [5.74, 6) is -1.21. The smallest absolute Gasteiger partial charge is 0.416 e. The normalized spacial score (nSPS) is 13.8. The summed E-state index contributed by atoms with van der Waals surface area (Å²) in [4.78, 5) is 26.7. The van der Waals surface area contributed by atoms with E-state index >= 15 is 0 Å². The van der Waals surface area contributed by atoms with Crippen molar-refractivity contribution in [3.8, 4) is 5.75 Å². The third-order valence-electron chi connectivity index (χ3n) is 5.60. The number of alkyl halides is 6. The van der Waals surface area contributed by atoms with Gasteiger partial charge in [-0.05, 0) is 54.4 Å². The van der Waals surface area contributed by atoms with Gasteiger partial charge in [-0.25, -0.2) is 0 Å². The molecule has 2 amide bonds. The first-order valence-electron chi connectivity index (χ1n) is 10.6. The first kappa shape index (κ1) is 25.1. The quantitative estimate of drug-likeness (QED) is 0.427. The maximum absolute atomic E-state index is 13.2. The summed E-state index contributed by atoms with van der Waals surface area (Å²) in [6, 6.07) is 12.2. The Hall–Kier alpha value is -4.02. The largest absolute Gasteiger partial charge is 0.482 e. The highest BCUT2D eigenvalue weighted by Gasteiger charge is 2.37. The van der Waals surface area contributed by atoms with Crippen molar-refractivity contribution in [2.24, 2.45) is 0 Å². The predicted octanol–water partition coefficient (Wildman–Crippen LogP) is 6.21. The second-order valence-electron chi connectivity index (χ2n) is 8.13. The fourth-order valence-corrected chi connectivity index (χ4v) is 3.70. The van der Waals surface area contributed by atoms with Crippen molar-refractivity contribution in [1.29, 1.82) is 0 Å². The van der Waals surface area contributed by atoms with Crippen LogP contribution in [0.3, 0.4) is 0 Å². The van der Waals surface area contributed by atoms with Crippen LogP contribution in [0, 0.1) is 6.92 Å². The van der Waals surface area contributed by atoms with E-state index in [9.17, 15) is 35.9 Å². The fraction of sp³-hybridized carbons (Fsp3) is 0.200. The van der Waals surface area contributed by atoms with Gasteiger partial charge in [-0.1, -0.05) is 24.3 Å². The summed E-state index contributed by atoms with van der Waals surface area (Å²) in [5.41, 5.74) is -1.87. The van der Waals surface area contributed by atoms with Crippen LogP contribution >= 0.6 is 0 Å². The average molecular weight is 508 g/mol. The maximum Gasteiger partial charge on any atom is 0.416 e. The van der Waals surface area contributed by atoms with Gasteiger partial charge >= 0.3 is 12.4 Å². The zero-order valence-electron chi connectivity index (χ0n) is 18.6. The molecule has 0 aromatic heterocycles. The number of fused-ring (bicyclic) bond motifs is 1. The molecule has 11 heteroatoms. The number of aryl methyl sites for hydroxylation is 1. The highest BCUT2D eigenvalue weighted by Crippen LogP contribution is 2.38. The van der Waals surface area contributed by atoms with Gasteiger partial charge in [-0.15, -0.1) is 0 Å². The van der Waals surface area contributed by atoms with E-state index in [0.29, 0.717) is 23.6 Å². The summed E-state index contributed by atoms with van der Waals surface area (Å²) in [5, 5.41) is 2.31. The maximum atomic E-state index is 13.2. The van der Waals surface area contributed by atoms with Crippen LogP contribution in [0.1, 0.15) is 32.6 Å². The Morgan fingerprint density at radius 2 is 1.58 bits per heavy atom. The van der Waals surface area contributed by atoms with E-state index in [1.807, 2.05) is 31.2 Å². The average Bonchev–Trinajstić information content (AvgIpc) is 2.80. The Labute approximate surface area is 201 Å². The lowest BCUT2D eigenvalue weighted by Gasteiger charge is -2.30. The second-order valence-corrected chi connectivity index (χ2v) is 8.13. The highest BCUT2D eigenvalue weighted by atomic mass is 19.4. The fourth-order valence-electron chi connectivity index (χ4n) is 3.70. The van der Waals surface area contributed by atoms with Crippen LogP contribution in [0.4, 0.5) is 37.7 Å². The molecule has 4 rings (SSSR count). The molecule has 3 aromatic carbocycles. The minimum atomic E-state index is -5.09. The van der Waals surface area contributed by atoms with Gasteiger partial charge in [0, 0.05) is 11.3 Å². The first-order chi connectivity index (χ1) is 16.8. The number of halogens is 6. The summed E-state index contributed by atoms with van der Waals surface area (Å²) < 4.78 is 84.3. The van der Waals surface area contributed by atoms with Crippen LogP contribution in [0.2, 0.25) is 0 Å². The molecule has 1 aliphatic rings. The lowest BCUT2D eigenvalue weighted by atomic mass is 10.0. The number of hydrogen-bond donors (Lipinski definition) is 1. The first-order valence-corrected chi connectivity index (χ1v) is 10.6. The summed E-state index contributed by atoms with van der Waals surface area (Å²) in [7, 11) is 0. The van der Waals surface area contributed by atoms with Crippen LogP contribution in [0.15, 0.2) is 60.7 Å². The van der Waals surface area contributed by atoms with Crippen molar-refractivity contribution in [1.82, 2.24) is 0 Å². The zero-order chi connectivity index (χ0) is 26.3. The molecule has 0 bridgehead atoms. The molecular formula is C25H18F6N2O3. The molecule has 188 valence electrons. The van der Waals surface area contributed by atoms with Gasteiger partial charge in [-0.2, -0.15) is 26.3 Å². The number of nitrogens with one attached hydrogen (secondary N) is 1. The minimum Gasteiger partial charge on any atom is -0.482 e. The van der Waals surface area contributed by atoms with Crippen LogP contribution in [-0.4, -0.2) is 18.4 Å². The molecule has 0 saturated heterocycles. The third kappa shape index (κ3) is 5.29. The van der Waals surface area contributed by atoms with E-state index in [2.05, 4.69) is 5.32 Å². The van der Waals surface area contributed by atoms with Crippen LogP contribution in [-0.2, 0) is 23.7 Å². The zero-order valence-corrected chi connectivity index (χ0v) is 18.6. The standard InChI is InChI=1S/C25H18F6N2O3/c1-14-4-2-3-5-15(14)12-33-20-11-19(6-7-21(20)36-13-22(33)34)32-23(35)16-8-17(24(26,27)28)10-18(9-16)25(29,30)31/h2-11H,12-13H2,1H3,(H,32,35). The van der Waals surface area contributed by atoms with Crippen molar-refractivity contribution in [3.05, 3.63) is 88.5 Å². The number of carbonyl (C=O) groups excluding carboxylic acids is 2. The Morgan fingerprint density at radius 3 is 2.19 bits per heavy atom. The number of benzene rings is 3. The minimum absolute atomic E-state index is 0.0535. The molecular weight excluding hydrogens is 490 g/mol. The van der Waals surface area contributed by atoms with Crippen molar-refractivity contribution < 1.29 is 40.7 Å². The molecule has 0 fully saturated rings. The number of nitrogens with zero attached hydrogens (tertiary/aromatic N) is 1. The van der Waals surface area contributed by atoms with E-state index < -0.39 is 35.0 Å². The number of hydrogen-bond acceptors (Lipinski definition) is 3. The monoisotopic (exact) mass is 508 g/mol. The van der Waals surface area contributed by atoms with E-state index in [1.165, 1.54) is 23.1 Å². The number of carbonyl (C=O) groups is 2. The molecule has 0 spiro atoms. The lowest BCUT2D eigenvalue weighted by molar-refractivity contribution is -0.143. The molecule has 5 nitrogen and oxygen atoms in total. The Kier molecular flexibility index (Phi) is 6.42. The summed E-state index contributed by atoms with van der Waals surface area (Å²) in [6.07, 6.45) is -10.2. The van der Waals surface area contributed by atoms with Crippen molar-refractivity contribution in [2.75, 3.05) is 16.8 Å². The molecule has 1 aliphatic heterocycles. The molecule has 36 heavy (non-hydrogen) atoms. The van der Waals surface area contributed by atoms with Crippen molar-refractivity contribution >= 4 is 23.2 Å². The van der Waals surface area contributed by atoms with Gasteiger partial charge in [0.1, 0.15) is 5.75 Å². The molecule has 0 saturated carbocycles. The van der Waals surface area contributed by atoms with Crippen LogP contribution in [0.5, 0.6) is 5.75 Å². The SMILES string of the molecule is Cc1ccccc1CN1C(=O)COc2ccc(NC(=O)c3cc(C(F)(F)F)cc(C(F)(F)F)c3)cc21. The Bertz CT molecular complexity index is 1300. The molecule has 3 aromatic rings. The molecule has 0 unspecified atom stereocenters. The van der Waals surface area contributed by atoms with Gasteiger partial charge in [0.05, 0.1) is 23.4 Å². The predicted molar refractivity (Wildman–Crippen MR) is 119 cm³/mol. The van der Waals surface area contributed by atoms with E-state index in [0.717, 1.165) is 11.1 Å². The molecule has 1 N–H and O–H groups in total. The molecule has 0 aliphatic carbocycles. The van der Waals surface area contributed by atoms with E-state index in [1.54, 1.807) is 0 Å². The highest BCUT2D eigenvalue weighted by molar-refractivity contribution is 6.05. The summed E-state index contributed by atoms with van der Waals surface area (Å²) >= 11 is 0. The Balaban J connectivity index is 1.65. The van der Waals surface area contributed by atoms with Crippen LogP contribution < -0.4 is 15.0 Å². The van der Waals surface area contributed by atoms with Crippen molar-refractivity contribution in [3.63, 3.8) is 0 Å². The molecule has 0 atom stereocenters. The summed E-state index contributed by atoms with van der Waals surface area (Å²) in [6.45, 7) is 1.86. The third-order valence-corrected chi connectivity index (χ3v) is 5.60. The van der Waals surface area contributed by atoms with E-state index in [4.69, 9.17) is 4.74 Å². The van der Waals surface area contributed by atoms with Gasteiger partial charge in [-0.3, -0.25) is 9.59 Å². The van der Waals surface area contributed by atoms with Gasteiger partial charge < -0.3 is 15.0 Å². The number of ether oxygens (including phenoxy) is 1. The van der Waals surface area contributed by atoms with Crippen LogP contribution in [0.25, 0.3) is 0 Å². The number of rotatable bonds is 4. The second kappa shape index (κ2) is 9.21. The molecule has 1 heterocycles. The van der Waals surface area contributed by atoms with Crippen molar-refractivity contribution in [2.45, 2.75) is 25.8 Å². The number of anilines is 2. The lowest BCUT2D eigenvalue weighted by Crippen LogP contribution is -2.38.